The fourth-order valence-corrected chi connectivity index (χ4v) is 4.44. The summed E-state index contributed by atoms with van der Waals surface area (Å²) in [4.78, 5) is 26.0. The van der Waals surface area contributed by atoms with Gasteiger partial charge in [-0.05, 0) is 43.7 Å². The molecule has 0 spiro atoms. The zero-order valence-electron chi connectivity index (χ0n) is 17.6. The molecule has 5 rings (SSSR count). The Morgan fingerprint density at radius 3 is 2.87 bits per heavy atom. The van der Waals surface area contributed by atoms with Gasteiger partial charge in [0.15, 0.2) is 17.2 Å². The molecule has 7 nitrogen and oxygen atoms in total. The molecule has 4 heterocycles. The standard InChI is InChI=1S/C23H24ClN5O2/c1-27(2)23(30)21-18(29-13-16(24)9-10-20(29)26-21)14-28-11-5-6-15(12-28)22-25-17-7-3-4-8-19(17)31-22/h3-4,7-10,13,15H,5-6,11-12,14H2,1-2H3. The zero-order chi connectivity index (χ0) is 21.5. The van der Waals surface area contributed by atoms with Crippen LogP contribution in [0.5, 0.6) is 0 Å². The van der Waals surface area contributed by atoms with Gasteiger partial charge < -0.3 is 13.7 Å². The van der Waals surface area contributed by atoms with Gasteiger partial charge in [-0.15, -0.1) is 0 Å². The summed E-state index contributed by atoms with van der Waals surface area (Å²) in [5.41, 5.74) is 3.76. The molecule has 1 saturated heterocycles. The Bertz CT molecular complexity index is 1230. The summed E-state index contributed by atoms with van der Waals surface area (Å²) >= 11 is 6.25. The monoisotopic (exact) mass is 437 g/mol. The van der Waals surface area contributed by atoms with E-state index in [0.29, 0.717) is 17.3 Å². The van der Waals surface area contributed by atoms with E-state index in [-0.39, 0.29) is 11.8 Å². The highest BCUT2D eigenvalue weighted by Crippen LogP contribution is 2.30. The number of hydrogen-bond acceptors (Lipinski definition) is 5. The molecule has 8 heteroatoms. The molecule has 0 N–H and O–H groups in total. The fourth-order valence-electron chi connectivity index (χ4n) is 4.28. The van der Waals surface area contributed by atoms with Gasteiger partial charge in [0.05, 0.1) is 10.7 Å². The van der Waals surface area contributed by atoms with Gasteiger partial charge in [-0.3, -0.25) is 9.69 Å². The van der Waals surface area contributed by atoms with E-state index >= 15 is 0 Å². The van der Waals surface area contributed by atoms with Crippen molar-refractivity contribution in [1.82, 2.24) is 24.2 Å². The zero-order valence-corrected chi connectivity index (χ0v) is 18.3. The van der Waals surface area contributed by atoms with Crippen molar-refractivity contribution in [2.75, 3.05) is 27.2 Å². The Balaban J connectivity index is 1.45. The number of para-hydroxylation sites is 2. The Labute approximate surface area is 185 Å². The number of fused-ring (bicyclic) bond motifs is 2. The molecule has 0 bridgehead atoms. The third-order valence-corrected chi connectivity index (χ3v) is 6.05. The predicted octanol–water partition coefficient (Wildman–Crippen LogP) is 4.21. The number of piperidine rings is 1. The molecule has 1 atom stereocenters. The molecule has 1 fully saturated rings. The largest absolute Gasteiger partial charge is 0.440 e. The van der Waals surface area contributed by atoms with Crippen LogP contribution < -0.4 is 0 Å². The summed E-state index contributed by atoms with van der Waals surface area (Å²) in [6.07, 6.45) is 3.90. The Morgan fingerprint density at radius 1 is 1.23 bits per heavy atom. The van der Waals surface area contributed by atoms with Crippen LogP contribution in [0.15, 0.2) is 47.0 Å². The summed E-state index contributed by atoms with van der Waals surface area (Å²) in [6.45, 7) is 2.36. The lowest BCUT2D eigenvalue weighted by atomic mass is 9.97. The minimum Gasteiger partial charge on any atom is -0.440 e. The molecule has 0 radical (unpaired) electrons. The number of amides is 1. The van der Waals surface area contributed by atoms with Crippen molar-refractivity contribution in [2.24, 2.45) is 0 Å². The number of nitrogens with zero attached hydrogens (tertiary/aromatic N) is 5. The lowest BCUT2D eigenvalue weighted by Crippen LogP contribution is -2.35. The number of aromatic nitrogens is 3. The normalized spacial score (nSPS) is 17.5. The Kier molecular flexibility index (Phi) is 5.16. The topological polar surface area (TPSA) is 66.9 Å². The van der Waals surface area contributed by atoms with Gasteiger partial charge in [0.2, 0.25) is 0 Å². The van der Waals surface area contributed by atoms with E-state index in [0.717, 1.165) is 54.3 Å². The van der Waals surface area contributed by atoms with Crippen molar-refractivity contribution in [3.8, 4) is 0 Å². The molecule has 0 aliphatic carbocycles. The van der Waals surface area contributed by atoms with Gasteiger partial charge in [-0.25, -0.2) is 9.97 Å². The quantitative estimate of drug-likeness (QED) is 0.478. The molecule has 1 aliphatic heterocycles. The molecule has 1 unspecified atom stereocenters. The third kappa shape index (κ3) is 3.79. The molecule has 4 aromatic rings. The maximum atomic E-state index is 12.8. The summed E-state index contributed by atoms with van der Waals surface area (Å²) in [6, 6.07) is 11.5. The van der Waals surface area contributed by atoms with Crippen molar-refractivity contribution >= 4 is 34.3 Å². The van der Waals surface area contributed by atoms with Crippen LogP contribution in [0.1, 0.15) is 40.8 Å². The molecular formula is C23H24ClN5O2. The average molecular weight is 438 g/mol. The van der Waals surface area contributed by atoms with E-state index in [9.17, 15) is 4.79 Å². The second-order valence-electron chi connectivity index (χ2n) is 8.28. The fraction of sp³-hybridized carbons (Fsp3) is 0.348. The van der Waals surface area contributed by atoms with Gasteiger partial charge in [-0.1, -0.05) is 23.7 Å². The first-order valence-electron chi connectivity index (χ1n) is 10.5. The summed E-state index contributed by atoms with van der Waals surface area (Å²) < 4.78 is 7.97. The Morgan fingerprint density at radius 2 is 2.06 bits per heavy atom. The van der Waals surface area contributed by atoms with E-state index in [4.69, 9.17) is 21.0 Å². The van der Waals surface area contributed by atoms with Crippen molar-refractivity contribution in [3.63, 3.8) is 0 Å². The number of benzene rings is 1. The number of imidazole rings is 1. The molecule has 160 valence electrons. The SMILES string of the molecule is CN(C)C(=O)c1nc2ccc(Cl)cn2c1CN1CCCC(c2nc3ccccc3o2)C1. The highest BCUT2D eigenvalue weighted by molar-refractivity contribution is 6.30. The first-order chi connectivity index (χ1) is 15.0. The number of halogens is 1. The Hall–Kier alpha value is -2.90. The van der Waals surface area contributed by atoms with E-state index in [1.807, 2.05) is 40.9 Å². The molecule has 3 aromatic heterocycles. The lowest BCUT2D eigenvalue weighted by molar-refractivity contribution is 0.0819. The van der Waals surface area contributed by atoms with Crippen LogP contribution >= 0.6 is 11.6 Å². The first-order valence-corrected chi connectivity index (χ1v) is 10.8. The van der Waals surface area contributed by atoms with Crippen LogP contribution in [-0.2, 0) is 6.54 Å². The van der Waals surface area contributed by atoms with Gasteiger partial charge in [-0.2, -0.15) is 0 Å². The molecule has 0 saturated carbocycles. The van der Waals surface area contributed by atoms with Gasteiger partial charge in [0.1, 0.15) is 11.2 Å². The lowest BCUT2D eigenvalue weighted by Gasteiger charge is -2.31. The number of rotatable bonds is 4. The molecule has 1 amide bonds. The van der Waals surface area contributed by atoms with E-state index in [1.54, 1.807) is 25.1 Å². The average Bonchev–Trinajstić information content (AvgIpc) is 3.35. The van der Waals surface area contributed by atoms with Crippen molar-refractivity contribution < 1.29 is 9.21 Å². The second-order valence-corrected chi connectivity index (χ2v) is 8.71. The number of oxazole rings is 1. The molecule has 31 heavy (non-hydrogen) atoms. The van der Waals surface area contributed by atoms with Crippen LogP contribution in [0.4, 0.5) is 0 Å². The number of pyridine rings is 1. The second kappa shape index (κ2) is 7.98. The number of carbonyl (C=O) groups excluding carboxylic acids is 1. The minimum absolute atomic E-state index is 0.109. The number of carbonyl (C=O) groups is 1. The molecule has 1 aromatic carbocycles. The van der Waals surface area contributed by atoms with E-state index < -0.39 is 0 Å². The molecular weight excluding hydrogens is 414 g/mol. The predicted molar refractivity (Wildman–Crippen MR) is 119 cm³/mol. The van der Waals surface area contributed by atoms with Gasteiger partial charge in [0, 0.05) is 39.3 Å². The summed E-state index contributed by atoms with van der Waals surface area (Å²) in [5, 5.41) is 0.609. The highest BCUT2D eigenvalue weighted by atomic mass is 35.5. The van der Waals surface area contributed by atoms with Crippen LogP contribution in [0.3, 0.4) is 0 Å². The van der Waals surface area contributed by atoms with Gasteiger partial charge in [0.25, 0.3) is 5.91 Å². The maximum Gasteiger partial charge on any atom is 0.273 e. The number of hydrogen-bond donors (Lipinski definition) is 0. The van der Waals surface area contributed by atoms with Crippen LogP contribution in [0.2, 0.25) is 5.02 Å². The third-order valence-electron chi connectivity index (χ3n) is 5.83. The van der Waals surface area contributed by atoms with Crippen LogP contribution in [0.25, 0.3) is 16.7 Å². The van der Waals surface area contributed by atoms with Gasteiger partial charge >= 0.3 is 0 Å². The summed E-state index contributed by atoms with van der Waals surface area (Å²) in [7, 11) is 3.49. The van der Waals surface area contributed by atoms with Crippen molar-refractivity contribution in [2.45, 2.75) is 25.3 Å². The van der Waals surface area contributed by atoms with Crippen LogP contribution in [0, 0.1) is 0 Å². The van der Waals surface area contributed by atoms with E-state index in [2.05, 4.69) is 9.88 Å². The van der Waals surface area contributed by atoms with E-state index in [1.165, 1.54) is 0 Å². The smallest absolute Gasteiger partial charge is 0.273 e. The van der Waals surface area contributed by atoms with Crippen molar-refractivity contribution in [1.29, 1.82) is 0 Å². The number of likely N-dealkylation sites (tertiary alicyclic amines) is 1. The summed E-state index contributed by atoms with van der Waals surface area (Å²) in [5.74, 6) is 0.899. The minimum atomic E-state index is -0.109. The van der Waals surface area contributed by atoms with Crippen LogP contribution in [-0.4, -0.2) is 57.3 Å². The van der Waals surface area contributed by atoms with Crippen molar-refractivity contribution in [3.05, 3.63) is 64.9 Å². The maximum absolute atomic E-state index is 12.8. The molecule has 1 aliphatic rings. The first kappa shape index (κ1) is 20.0. The highest BCUT2D eigenvalue weighted by Gasteiger charge is 2.28.